The van der Waals surface area contributed by atoms with Crippen LogP contribution in [-0.2, 0) is 12.8 Å². The van der Waals surface area contributed by atoms with Crippen molar-refractivity contribution in [3.8, 4) is 0 Å². The van der Waals surface area contributed by atoms with Crippen LogP contribution in [0.3, 0.4) is 0 Å². The smallest absolute Gasteiger partial charge is 0.272 e. The Kier molecular flexibility index (Phi) is 6.62. The van der Waals surface area contributed by atoms with Gasteiger partial charge in [0.25, 0.3) is 5.91 Å². The van der Waals surface area contributed by atoms with Crippen LogP contribution in [0.2, 0.25) is 0 Å². The number of anilines is 2. The fourth-order valence-electron chi connectivity index (χ4n) is 3.68. The van der Waals surface area contributed by atoms with Gasteiger partial charge >= 0.3 is 0 Å². The molecule has 6 heteroatoms. The Morgan fingerprint density at radius 1 is 1.04 bits per heavy atom. The normalized spacial score (nSPS) is 14.9. The molecule has 2 aromatic rings. The molecule has 0 aliphatic carbocycles. The summed E-state index contributed by atoms with van der Waals surface area (Å²) < 4.78 is 0. The third-order valence-electron chi connectivity index (χ3n) is 5.42. The minimum absolute atomic E-state index is 0.0104. The first-order valence-electron chi connectivity index (χ1n) is 10.3. The average Bonchev–Trinajstić information content (AvgIpc) is 2.73. The van der Waals surface area contributed by atoms with E-state index >= 15 is 0 Å². The lowest BCUT2D eigenvalue weighted by molar-refractivity contribution is 0.0637. The highest BCUT2D eigenvalue weighted by molar-refractivity contribution is 5.92. The number of hydrogen-bond acceptors (Lipinski definition) is 5. The highest BCUT2D eigenvalue weighted by atomic mass is 16.2. The number of likely N-dealkylation sites (N-methyl/N-ethyl adjacent to an activating group) is 1. The number of rotatable bonds is 6. The van der Waals surface area contributed by atoms with Crippen molar-refractivity contribution in [2.75, 3.05) is 38.0 Å². The van der Waals surface area contributed by atoms with Crippen molar-refractivity contribution in [3.05, 3.63) is 46.8 Å². The summed E-state index contributed by atoms with van der Waals surface area (Å²) in [5, 5.41) is 3.40. The maximum atomic E-state index is 13.0. The van der Waals surface area contributed by atoms with Gasteiger partial charge in [0.1, 0.15) is 5.69 Å². The lowest BCUT2D eigenvalue weighted by Gasteiger charge is -2.33. The van der Waals surface area contributed by atoms with Crippen molar-refractivity contribution in [1.82, 2.24) is 19.8 Å². The summed E-state index contributed by atoms with van der Waals surface area (Å²) in [6, 6.07) is 8.12. The average molecular weight is 382 g/mol. The summed E-state index contributed by atoms with van der Waals surface area (Å²) in [4.78, 5) is 26.3. The van der Waals surface area contributed by atoms with Crippen LogP contribution in [-0.4, -0.2) is 58.4 Å². The molecule has 150 valence electrons. The van der Waals surface area contributed by atoms with Crippen LogP contribution in [0.4, 0.5) is 11.6 Å². The molecule has 2 heterocycles. The lowest BCUT2D eigenvalue weighted by Crippen LogP contribution is -2.48. The molecular weight excluding hydrogens is 350 g/mol. The number of nitrogens with zero attached hydrogens (tertiary/aromatic N) is 4. The monoisotopic (exact) mass is 381 g/mol. The van der Waals surface area contributed by atoms with Crippen LogP contribution in [0.25, 0.3) is 0 Å². The largest absolute Gasteiger partial charge is 0.335 e. The molecule has 1 saturated heterocycles. The topological polar surface area (TPSA) is 61.4 Å². The van der Waals surface area contributed by atoms with Crippen LogP contribution >= 0.6 is 0 Å². The molecule has 1 amide bonds. The van der Waals surface area contributed by atoms with Gasteiger partial charge in [0.05, 0.1) is 0 Å². The van der Waals surface area contributed by atoms with Crippen molar-refractivity contribution < 1.29 is 4.79 Å². The van der Waals surface area contributed by atoms with Crippen molar-refractivity contribution in [2.24, 2.45) is 0 Å². The van der Waals surface area contributed by atoms with E-state index in [1.54, 1.807) is 6.07 Å². The van der Waals surface area contributed by atoms with Gasteiger partial charge in [-0.05, 0) is 43.5 Å². The third-order valence-corrected chi connectivity index (χ3v) is 5.42. The molecule has 0 spiro atoms. The molecule has 3 rings (SSSR count). The Morgan fingerprint density at radius 3 is 2.25 bits per heavy atom. The molecule has 1 aromatic carbocycles. The predicted molar refractivity (Wildman–Crippen MR) is 113 cm³/mol. The zero-order chi connectivity index (χ0) is 20.1. The number of nitrogens with one attached hydrogen (secondary N) is 1. The number of amides is 1. The molecule has 28 heavy (non-hydrogen) atoms. The van der Waals surface area contributed by atoms with Crippen molar-refractivity contribution in [1.29, 1.82) is 0 Å². The fourth-order valence-corrected chi connectivity index (χ4v) is 3.68. The van der Waals surface area contributed by atoms with Crippen molar-refractivity contribution >= 4 is 17.5 Å². The Bertz CT molecular complexity index is 805. The lowest BCUT2D eigenvalue weighted by atomic mass is 10.0. The van der Waals surface area contributed by atoms with Crippen molar-refractivity contribution in [2.45, 2.75) is 40.5 Å². The van der Waals surface area contributed by atoms with Gasteiger partial charge in [-0.25, -0.2) is 9.97 Å². The molecule has 0 radical (unpaired) electrons. The summed E-state index contributed by atoms with van der Waals surface area (Å²) in [7, 11) is 0. The first-order chi connectivity index (χ1) is 13.5. The van der Waals surface area contributed by atoms with E-state index in [-0.39, 0.29) is 5.91 Å². The first kappa shape index (κ1) is 20.3. The number of aromatic nitrogens is 2. The zero-order valence-electron chi connectivity index (χ0n) is 17.5. The molecule has 0 unspecified atom stereocenters. The van der Waals surface area contributed by atoms with E-state index in [4.69, 9.17) is 0 Å². The number of aryl methyl sites for hydroxylation is 3. The standard InChI is InChI=1S/C22H31N5O/c1-5-17-9-8-10-18(6-2)20(17)25-22-23-16(4)15-19(24-22)21(28)27-13-11-26(7-3)12-14-27/h8-10,15H,5-7,11-14H2,1-4H3,(H,23,24,25). The number of benzene rings is 1. The molecular formula is C22H31N5O. The molecule has 6 nitrogen and oxygen atoms in total. The zero-order valence-corrected chi connectivity index (χ0v) is 17.5. The Morgan fingerprint density at radius 2 is 1.68 bits per heavy atom. The van der Waals surface area contributed by atoms with E-state index in [2.05, 4.69) is 59.2 Å². The Balaban J connectivity index is 1.84. The van der Waals surface area contributed by atoms with Gasteiger partial charge < -0.3 is 15.1 Å². The molecule has 1 fully saturated rings. The molecule has 0 saturated carbocycles. The summed E-state index contributed by atoms with van der Waals surface area (Å²) >= 11 is 0. The minimum Gasteiger partial charge on any atom is -0.335 e. The summed E-state index contributed by atoms with van der Waals surface area (Å²) in [6.45, 7) is 12.7. The Labute approximate surface area is 168 Å². The van der Waals surface area contributed by atoms with E-state index in [9.17, 15) is 4.79 Å². The molecule has 0 bridgehead atoms. The van der Waals surface area contributed by atoms with Gasteiger partial charge in [-0.1, -0.05) is 39.0 Å². The van der Waals surface area contributed by atoms with Crippen LogP contribution < -0.4 is 5.32 Å². The highest BCUT2D eigenvalue weighted by Gasteiger charge is 2.23. The van der Waals surface area contributed by atoms with Gasteiger partial charge in [-0.2, -0.15) is 0 Å². The van der Waals surface area contributed by atoms with Crippen LogP contribution in [0.15, 0.2) is 24.3 Å². The second-order valence-electron chi connectivity index (χ2n) is 7.23. The van der Waals surface area contributed by atoms with E-state index in [0.29, 0.717) is 11.6 Å². The van der Waals surface area contributed by atoms with Gasteiger partial charge in [0.15, 0.2) is 0 Å². The van der Waals surface area contributed by atoms with Gasteiger partial charge in [-0.3, -0.25) is 4.79 Å². The van der Waals surface area contributed by atoms with Crippen LogP contribution in [0, 0.1) is 6.92 Å². The predicted octanol–water partition coefficient (Wildman–Crippen LogP) is 3.43. The minimum atomic E-state index is -0.0104. The maximum Gasteiger partial charge on any atom is 0.272 e. The van der Waals surface area contributed by atoms with Crippen LogP contribution in [0.1, 0.15) is 48.1 Å². The fraction of sp³-hybridized carbons (Fsp3) is 0.500. The molecule has 1 aliphatic heterocycles. The number of carbonyl (C=O) groups excluding carboxylic acids is 1. The number of hydrogen-bond donors (Lipinski definition) is 1. The van der Waals surface area contributed by atoms with E-state index in [0.717, 1.165) is 56.9 Å². The van der Waals surface area contributed by atoms with E-state index < -0.39 is 0 Å². The SMILES string of the molecule is CCc1cccc(CC)c1Nc1nc(C)cc(C(=O)N2CCN(CC)CC2)n1. The first-order valence-corrected chi connectivity index (χ1v) is 10.3. The summed E-state index contributed by atoms with van der Waals surface area (Å²) in [5.74, 6) is 0.481. The highest BCUT2D eigenvalue weighted by Crippen LogP contribution is 2.25. The number of carbonyl (C=O) groups is 1. The molecule has 1 aromatic heterocycles. The summed E-state index contributed by atoms with van der Waals surface area (Å²) in [5.41, 5.74) is 4.78. The number of para-hydroxylation sites is 1. The van der Waals surface area contributed by atoms with Gasteiger partial charge in [0.2, 0.25) is 5.95 Å². The maximum absolute atomic E-state index is 13.0. The second-order valence-corrected chi connectivity index (χ2v) is 7.23. The molecule has 1 N–H and O–H groups in total. The van der Waals surface area contributed by atoms with Gasteiger partial charge in [0, 0.05) is 37.6 Å². The summed E-state index contributed by atoms with van der Waals surface area (Å²) in [6.07, 6.45) is 1.85. The van der Waals surface area contributed by atoms with Crippen LogP contribution in [0.5, 0.6) is 0 Å². The quantitative estimate of drug-likeness (QED) is 0.831. The van der Waals surface area contributed by atoms with E-state index in [1.165, 1.54) is 11.1 Å². The number of piperazine rings is 1. The van der Waals surface area contributed by atoms with E-state index in [1.807, 2.05) is 11.8 Å². The molecule has 1 aliphatic rings. The third kappa shape index (κ3) is 4.50. The van der Waals surface area contributed by atoms with Gasteiger partial charge in [-0.15, -0.1) is 0 Å². The Hall–Kier alpha value is -2.47. The molecule has 0 atom stereocenters. The second kappa shape index (κ2) is 9.15. The van der Waals surface area contributed by atoms with Crippen molar-refractivity contribution in [3.63, 3.8) is 0 Å².